The molecule has 1 saturated heterocycles. The summed E-state index contributed by atoms with van der Waals surface area (Å²) in [5.41, 5.74) is 0. The summed E-state index contributed by atoms with van der Waals surface area (Å²) in [5, 5.41) is 0.145. The van der Waals surface area contributed by atoms with Crippen molar-refractivity contribution in [3.05, 3.63) is 12.0 Å². The van der Waals surface area contributed by atoms with E-state index in [0.717, 1.165) is 19.5 Å². The normalized spacial score (nSPS) is 26.4. The highest BCUT2D eigenvalue weighted by atomic mass is 32.2. The molecule has 1 fully saturated rings. The van der Waals surface area contributed by atoms with Gasteiger partial charge < -0.3 is 9.88 Å². The van der Waals surface area contributed by atoms with Crippen molar-refractivity contribution in [2.24, 2.45) is 5.92 Å². The van der Waals surface area contributed by atoms with Crippen LogP contribution < -0.4 is 4.72 Å². The maximum Gasteiger partial charge on any atom is 0.257 e. The van der Waals surface area contributed by atoms with Gasteiger partial charge in [-0.3, -0.25) is 0 Å². The van der Waals surface area contributed by atoms with Crippen LogP contribution in [-0.2, 0) is 10.0 Å². The average molecular weight is 272 g/mol. The fraction of sp³-hybridized carbons (Fsp3) is 0.727. The number of aromatic amines is 1. The predicted octanol–water partition coefficient (Wildman–Crippen LogP) is 0.337. The summed E-state index contributed by atoms with van der Waals surface area (Å²) in [6.45, 7) is 5.63. The first-order valence-corrected chi connectivity index (χ1v) is 7.59. The first-order valence-electron chi connectivity index (χ1n) is 6.11. The van der Waals surface area contributed by atoms with E-state index in [9.17, 15) is 8.42 Å². The molecule has 2 heterocycles. The van der Waals surface area contributed by atoms with Crippen LogP contribution >= 0.6 is 0 Å². The molecule has 0 bridgehead atoms. The Morgan fingerprint density at radius 1 is 1.56 bits per heavy atom. The molecule has 0 aliphatic carbocycles. The maximum absolute atomic E-state index is 12.1. The smallest absolute Gasteiger partial charge is 0.257 e. The summed E-state index contributed by atoms with van der Waals surface area (Å²) < 4.78 is 27.1. The standard InChI is InChI=1S/C11H20N4O2S/c1-8-7-15(3)5-4-10(8)14-18(16,17)11-6-12-9(2)13-11/h6,8,10,14H,4-5,7H2,1-3H3,(H,12,13). The van der Waals surface area contributed by atoms with Crippen molar-refractivity contribution >= 4 is 10.0 Å². The molecule has 0 spiro atoms. The van der Waals surface area contributed by atoms with E-state index in [0.29, 0.717) is 11.7 Å². The largest absolute Gasteiger partial charge is 0.332 e. The fourth-order valence-corrected chi connectivity index (χ4v) is 3.68. The van der Waals surface area contributed by atoms with Crippen LogP contribution in [0.25, 0.3) is 0 Å². The van der Waals surface area contributed by atoms with Gasteiger partial charge in [-0.05, 0) is 32.9 Å². The lowest BCUT2D eigenvalue weighted by Gasteiger charge is -2.34. The molecule has 2 unspecified atom stereocenters. The maximum atomic E-state index is 12.1. The first kappa shape index (κ1) is 13.5. The van der Waals surface area contributed by atoms with Crippen LogP contribution in [0.15, 0.2) is 11.2 Å². The van der Waals surface area contributed by atoms with E-state index in [1.165, 1.54) is 6.20 Å². The Hall–Kier alpha value is -0.920. The van der Waals surface area contributed by atoms with E-state index in [1.54, 1.807) is 6.92 Å². The zero-order valence-corrected chi connectivity index (χ0v) is 11.8. The number of nitrogens with zero attached hydrogens (tertiary/aromatic N) is 2. The van der Waals surface area contributed by atoms with Gasteiger partial charge in [-0.1, -0.05) is 6.92 Å². The van der Waals surface area contributed by atoms with Crippen molar-refractivity contribution in [2.75, 3.05) is 20.1 Å². The lowest BCUT2D eigenvalue weighted by Crippen LogP contribution is -2.48. The summed E-state index contributed by atoms with van der Waals surface area (Å²) >= 11 is 0. The molecule has 1 aromatic rings. The van der Waals surface area contributed by atoms with Crippen LogP contribution in [-0.4, -0.2) is 49.5 Å². The third-order valence-electron chi connectivity index (χ3n) is 3.38. The van der Waals surface area contributed by atoms with Crippen LogP contribution in [0.3, 0.4) is 0 Å². The Balaban J connectivity index is 2.09. The van der Waals surface area contributed by atoms with Crippen LogP contribution in [0.1, 0.15) is 19.2 Å². The molecule has 1 aliphatic heterocycles. The van der Waals surface area contributed by atoms with E-state index in [1.807, 2.05) is 0 Å². The minimum atomic E-state index is -3.48. The predicted molar refractivity (Wildman–Crippen MR) is 68.7 cm³/mol. The molecule has 18 heavy (non-hydrogen) atoms. The van der Waals surface area contributed by atoms with Crippen molar-refractivity contribution < 1.29 is 8.42 Å². The molecule has 7 heteroatoms. The van der Waals surface area contributed by atoms with Gasteiger partial charge in [0, 0.05) is 12.6 Å². The highest BCUT2D eigenvalue weighted by molar-refractivity contribution is 7.89. The Morgan fingerprint density at radius 3 is 2.83 bits per heavy atom. The monoisotopic (exact) mass is 272 g/mol. The van der Waals surface area contributed by atoms with Gasteiger partial charge in [0.2, 0.25) is 0 Å². The summed E-state index contributed by atoms with van der Waals surface area (Å²) in [6, 6.07) is -0.00481. The molecule has 0 radical (unpaired) electrons. The van der Waals surface area contributed by atoms with Crippen molar-refractivity contribution in [1.29, 1.82) is 0 Å². The molecule has 1 aliphatic rings. The van der Waals surface area contributed by atoms with E-state index < -0.39 is 10.0 Å². The Labute approximate surface area is 108 Å². The van der Waals surface area contributed by atoms with Gasteiger partial charge in [0.25, 0.3) is 10.0 Å². The minimum Gasteiger partial charge on any atom is -0.332 e. The molecular weight excluding hydrogens is 252 g/mol. The fourth-order valence-electron chi connectivity index (χ4n) is 2.33. The van der Waals surface area contributed by atoms with Crippen LogP contribution in [0, 0.1) is 12.8 Å². The SMILES string of the molecule is Cc1ncc(S(=O)(=O)NC2CCN(C)CC2C)[nH]1. The van der Waals surface area contributed by atoms with Crippen molar-refractivity contribution in [3.8, 4) is 0 Å². The molecular formula is C11H20N4O2S. The van der Waals surface area contributed by atoms with Crippen LogP contribution in [0.2, 0.25) is 0 Å². The number of hydrogen-bond donors (Lipinski definition) is 2. The second-order valence-electron chi connectivity index (χ2n) is 5.09. The highest BCUT2D eigenvalue weighted by Crippen LogP contribution is 2.17. The number of aryl methyl sites for hydroxylation is 1. The average Bonchev–Trinajstić information content (AvgIpc) is 2.70. The van der Waals surface area contributed by atoms with E-state index in [2.05, 4.69) is 33.6 Å². The van der Waals surface area contributed by atoms with E-state index in [4.69, 9.17) is 0 Å². The van der Waals surface area contributed by atoms with Gasteiger partial charge >= 0.3 is 0 Å². The lowest BCUT2D eigenvalue weighted by molar-refractivity contribution is 0.188. The minimum absolute atomic E-state index is 0.00481. The summed E-state index contributed by atoms with van der Waals surface area (Å²) in [6.07, 6.45) is 2.20. The topological polar surface area (TPSA) is 78.1 Å². The second kappa shape index (κ2) is 4.99. The summed E-state index contributed by atoms with van der Waals surface area (Å²) in [4.78, 5) is 8.90. The number of nitrogens with one attached hydrogen (secondary N) is 2. The third kappa shape index (κ3) is 2.90. The molecule has 102 valence electrons. The number of aromatic nitrogens is 2. The van der Waals surface area contributed by atoms with Gasteiger partial charge in [0.15, 0.2) is 5.03 Å². The molecule has 2 rings (SSSR count). The van der Waals surface area contributed by atoms with Crippen molar-refractivity contribution in [2.45, 2.75) is 31.3 Å². The molecule has 0 amide bonds. The number of H-pyrrole nitrogens is 1. The summed E-state index contributed by atoms with van der Waals surface area (Å²) in [5.74, 6) is 0.911. The number of likely N-dealkylation sites (tertiary alicyclic amines) is 1. The molecule has 2 N–H and O–H groups in total. The Morgan fingerprint density at radius 2 is 2.28 bits per heavy atom. The second-order valence-corrected chi connectivity index (χ2v) is 6.77. The molecule has 1 aromatic heterocycles. The number of imidazole rings is 1. The Kier molecular flexibility index (Phi) is 3.74. The Bertz CT molecular complexity index is 511. The molecule has 6 nitrogen and oxygen atoms in total. The van der Waals surface area contributed by atoms with Crippen molar-refractivity contribution in [1.82, 2.24) is 19.6 Å². The van der Waals surface area contributed by atoms with Crippen LogP contribution in [0.5, 0.6) is 0 Å². The number of sulfonamides is 1. The van der Waals surface area contributed by atoms with Gasteiger partial charge in [-0.2, -0.15) is 0 Å². The highest BCUT2D eigenvalue weighted by Gasteiger charge is 2.29. The molecule has 0 aromatic carbocycles. The zero-order chi connectivity index (χ0) is 13.3. The zero-order valence-electron chi connectivity index (χ0n) is 11.0. The molecule has 0 saturated carbocycles. The lowest BCUT2D eigenvalue weighted by atomic mass is 9.95. The first-order chi connectivity index (χ1) is 8.38. The number of piperidine rings is 1. The van der Waals surface area contributed by atoms with Gasteiger partial charge in [0.1, 0.15) is 5.82 Å². The quantitative estimate of drug-likeness (QED) is 0.831. The summed E-state index contributed by atoms with van der Waals surface area (Å²) in [7, 11) is -1.42. The third-order valence-corrected chi connectivity index (χ3v) is 4.78. The van der Waals surface area contributed by atoms with Gasteiger partial charge in [0.05, 0.1) is 6.20 Å². The van der Waals surface area contributed by atoms with Gasteiger partial charge in [-0.15, -0.1) is 0 Å². The molecule has 2 atom stereocenters. The number of hydrogen-bond acceptors (Lipinski definition) is 4. The van der Waals surface area contributed by atoms with Gasteiger partial charge in [-0.25, -0.2) is 18.1 Å². The van der Waals surface area contributed by atoms with E-state index in [-0.39, 0.29) is 11.1 Å². The number of rotatable bonds is 3. The van der Waals surface area contributed by atoms with Crippen molar-refractivity contribution in [3.63, 3.8) is 0 Å². The van der Waals surface area contributed by atoms with E-state index >= 15 is 0 Å². The van der Waals surface area contributed by atoms with Crippen LogP contribution in [0.4, 0.5) is 0 Å².